The van der Waals surface area contributed by atoms with Gasteiger partial charge < -0.3 is 80.5 Å². The Balaban J connectivity index is 2.02. The van der Waals surface area contributed by atoms with Crippen molar-refractivity contribution < 1.29 is 74.8 Å². The first-order chi connectivity index (χ1) is 16.0. The van der Waals surface area contributed by atoms with Crippen molar-refractivity contribution in [3.05, 3.63) is 0 Å². The average Bonchev–Trinajstić information content (AvgIpc) is 2.84. The van der Waals surface area contributed by atoms with Gasteiger partial charge in [0.15, 0.2) is 12.6 Å². The van der Waals surface area contributed by atoms with Crippen LogP contribution >= 0.6 is 0 Å². The van der Waals surface area contributed by atoms with Crippen LogP contribution in [-0.2, 0) is 23.7 Å². The summed E-state index contributed by atoms with van der Waals surface area (Å²) in [6.45, 7) is -2.30. The van der Waals surface area contributed by atoms with Gasteiger partial charge in [0.25, 0.3) is 0 Å². The standard InChI is InChI=1S/C18H33NO15/c19-5(1-20)9(24)10(25)6(23)4-31-17-15(30)13(28)16(8(3-22)33-17)34-18-14(29)12(27)11(26)7(2-21)32-18/h1,5-18,21-30H,2-4,19H2/t5-,6+,7+,8+,9+,10+,11-,12-,13+,14+,15+,16+,17+,18-/m0/s1. The summed E-state index contributed by atoms with van der Waals surface area (Å²) in [6.07, 6.45) is -21.9. The van der Waals surface area contributed by atoms with Gasteiger partial charge in [-0.2, -0.15) is 0 Å². The molecule has 0 amide bonds. The first kappa shape index (κ1) is 29.3. The molecule has 200 valence electrons. The van der Waals surface area contributed by atoms with Gasteiger partial charge in [-0.3, -0.25) is 0 Å². The van der Waals surface area contributed by atoms with E-state index in [-0.39, 0.29) is 6.29 Å². The van der Waals surface area contributed by atoms with Crippen molar-refractivity contribution in [2.24, 2.45) is 5.73 Å². The molecule has 14 atom stereocenters. The highest BCUT2D eigenvalue weighted by Gasteiger charge is 2.50. The van der Waals surface area contributed by atoms with Gasteiger partial charge in [-0.05, 0) is 0 Å². The van der Waals surface area contributed by atoms with Crippen LogP contribution in [0.4, 0.5) is 0 Å². The maximum Gasteiger partial charge on any atom is 0.187 e. The molecule has 2 aliphatic heterocycles. The third-order valence-electron chi connectivity index (χ3n) is 5.69. The van der Waals surface area contributed by atoms with Gasteiger partial charge in [-0.15, -0.1) is 0 Å². The number of aliphatic hydroxyl groups excluding tert-OH is 10. The Hall–Kier alpha value is -0.930. The van der Waals surface area contributed by atoms with Crippen molar-refractivity contribution in [2.75, 3.05) is 19.8 Å². The highest BCUT2D eigenvalue weighted by molar-refractivity contribution is 5.58. The second kappa shape index (κ2) is 12.9. The van der Waals surface area contributed by atoms with E-state index in [1.807, 2.05) is 0 Å². The highest BCUT2D eigenvalue weighted by atomic mass is 16.7. The molecule has 12 N–H and O–H groups in total. The first-order valence-corrected chi connectivity index (χ1v) is 10.4. The summed E-state index contributed by atoms with van der Waals surface area (Å²) < 4.78 is 21.0. The van der Waals surface area contributed by atoms with Crippen LogP contribution in [0, 0.1) is 0 Å². The van der Waals surface area contributed by atoms with Crippen LogP contribution in [0.5, 0.6) is 0 Å². The van der Waals surface area contributed by atoms with E-state index < -0.39 is 106 Å². The summed E-state index contributed by atoms with van der Waals surface area (Å²) >= 11 is 0. The second-order valence-corrected chi connectivity index (χ2v) is 8.10. The molecule has 0 aromatic heterocycles. The lowest BCUT2D eigenvalue weighted by Gasteiger charge is -2.46. The van der Waals surface area contributed by atoms with E-state index >= 15 is 0 Å². The molecule has 2 saturated heterocycles. The maximum absolute atomic E-state index is 10.6. The normalized spacial score (nSPS) is 42.6. The molecule has 0 aromatic carbocycles. The molecule has 34 heavy (non-hydrogen) atoms. The number of aldehydes is 1. The van der Waals surface area contributed by atoms with E-state index in [2.05, 4.69) is 0 Å². The molecular weight excluding hydrogens is 470 g/mol. The molecule has 0 unspecified atom stereocenters. The van der Waals surface area contributed by atoms with E-state index in [1.165, 1.54) is 0 Å². The van der Waals surface area contributed by atoms with Crippen LogP contribution < -0.4 is 5.73 Å². The van der Waals surface area contributed by atoms with Crippen molar-refractivity contribution in [3.63, 3.8) is 0 Å². The summed E-state index contributed by atoms with van der Waals surface area (Å²) in [5, 5.41) is 99.0. The smallest absolute Gasteiger partial charge is 0.187 e. The Morgan fingerprint density at radius 3 is 1.91 bits per heavy atom. The molecule has 0 radical (unpaired) electrons. The first-order valence-electron chi connectivity index (χ1n) is 10.4. The quantitative estimate of drug-likeness (QED) is 0.117. The molecule has 2 rings (SSSR count). The molecule has 0 spiro atoms. The molecule has 2 heterocycles. The Kier molecular flexibility index (Phi) is 11.1. The van der Waals surface area contributed by atoms with Gasteiger partial charge in [0.2, 0.25) is 0 Å². The molecular formula is C18H33NO15. The molecule has 2 aliphatic rings. The topological polar surface area (TPSA) is 282 Å². The lowest BCUT2D eigenvalue weighted by atomic mass is 9.97. The number of nitrogens with two attached hydrogens (primary N) is 1. The molecule has 16 nitrogen and oxygen atoms in total. The van der Waals surface area contributed by atoms with E-state index in [4.69, 9.17) is 24.7 Å². The SMILES string of the molecule is N[C@@H](C=O)[C@@H](O)[C@H](O)[C@H](O)CO[C@@H]1O[C@H](CO)[C@@H](O[C@@H]2O[C@H](CO)[C@H](O)[C@H](O)[C@H]2O)[C@H](O)[C@H]1O. The molecule has 0 aliphatic carbocycles. The lowest BCUT2D eigenvalue weighted by molar-refractivity contribution is -0.360. The van der Waals surface area contributed by atoms with Crippen LogP contribution in [0.3, 0.4) is 0 Å². The van der Waals surface area contributed by atoms with E-state index in [1.54, 1.807) is 0 Å². The number of hydrogen-bond acceptors (Lipinski definition) is 16. The minimum Gasteiger partial charge on any atom is -0.394 e. The third kappa shape index (κ3) is 6.44. The largest absolute Gasteiger partial charge is 0.394 e. The van der Waals surface area contributed by atoms with Gasteiger partial charge in [0, 0.05) is 0 Å². The Labute approximate surface area is 193 Å². The molecule has 2 fully saturated rings. The summed E-state index contributed by atoms with van der Waals surface area (Å²) in [5.41, 5.74) is 5.27. The number of aliphatic hydroxyl groups is 10. The van der Waals surface area contributed by atoms with Crippen molar-refractivity contribution in [2.45, 2.75) is 85.8 Å². The van der Waals surface area contributed by atoms with Crippen LogP contribution in [-0.4, -0.2) is 163 Å². The Bertz CT molecular complexity index is 626. The molecule has 0 saturated carbocycles. The fraction of sp³-hybridized carbons (Fsp3) is 0.944. The molecule has 0 bridgehead atoms. The van der Waals surface area contributed by atoms with Gasteiger partial charge in [0.1, 0.15) is 73.4 Å². The molecule has 16 heteroatoms. The van der Waals surface area contributed by atoms with Crippen molar-refractivity contribution in [3.8, 4) is 0 Å². The number of rotatable bonds is 11. The van der Waals surface area contributed by atoms with Crippen LogP contribution in [0.1, 0.15) is 0 Å². The van der Waals surface area contributed by atoms with Crippen LogP contribution in [0.15, 0.2) is 0 Å². The summed E-state index contributed by atoms with van der Waals surface area (Å²) in [7, 11) is 0. The van der Waals surface area contributed by atoms with Crippen LogP contribution in [0.25, 0.3) is 0 Å². The zero-order valence-corrected chi connectivity index (χ0v) is 17.9. The average molecular weight is 503 g/mol. The van der Waals surface area contributed by atoms with Crippen molar-refractivity contribution >= 4 is 6.29 Å². The third-order valence-corrected chi connectivity index (χ3v) is 5.69. The minimum absolute atomic E-state index is 0.160. The van der Waals surface area contributed by atoms with Crippen molar-refractivity contribution in [1.29, 1.82) is 0 Å². The van der Waals surface area contributed by atoms with Gasteiger partial charge >= 0.3 is 0 Å². The zero-order valence-electron chi connectivity index (χ0n) is 17.9. The minimum atomic E-state index is -1.90. The summed E-state index contributed by atoms with van der Waals surface area (Å²) in [6, 6.07) is -1.48. The van der Waals surface area contributed by atoms with Gasteiger partial charge in [-0.25, -0.2) is 0 Å². The van der Waals surface area contributed by atoms with Crippen molar-refractivity contribution in [1.82, 2.24) is 0 Å². The number of carbonyl (C=O) groups excluding carboxylic acids is 1. The Morgan fingerprint density at radius 2 is 1.35 bits per heavy atom. The molecule has 0 aromatic rings. The fourth-order valence-electron chi connectivity index (χ4n) is 3.52. The van der Waals surface area contributed by atoms with Crippen LogP contribution in [0.2, 0.25) is 0 Å². The second-order valence-electron chi connectivity index (χ2n) is 8.10. The monoisotopic (exact) mass is 503 g/mol. The van der Waals surface area contributed by atoms with Gasteiger partial charge in [0.05, 0.1) is 25.9 Å². The zero-order chi connectivity index (χ0) is 25.7. The van der Waals surface area contributed by atoms with E-state index in [0.717, 1.165) is 0 Å². The summed E-state index contributed by atoms with van der Waals surface area (Å²) in [5.74, 6) is 0. The lowest BCUT2D eigenvalue weighted by Crippen LogP contribution is -2.64. The predicted octanol–water partition coefficient (Wildman–Crippen LogP) is -7.76. The number of ether oxygens (including phenoxy) is 4. The summed E-state index contributed by atoms with van der Waals surface area (Å²) in [4.78, 5) is 10.6. The number of carbonyl (C=O) groups is 1. The predicted molar refractivity (Wildman–Crippen MR) is 104 cm³/mol. The Morgan fingerprint density at radius 1 is 0.794 bits per heavy atom. The van der Waals surface area contributed by atoms with E-state index in [0.29, 0.717) is 0 Å². The van der Waals surface area contributed by atoms with Gasteiger partial charge in [-0.1, -0.05) is 0 Å². The highest BCUT2D eigenvalue weighted by Crippen LogP contribution is 2.29. The maximum atomic E-state index is 10.6. The van der Waals surface area contributed by atoms with E-state index in [9.17, 15) is 55.9 Å². The number of hydrogen-bond donors (Lipinski definition) is 11. The fourth-order valence-corrected chi connectivity index (χ4v) is 3.52.